The molecule has 1 aromatic heterocycles. The number of benzene rings is 4. The topological polar surface area (TPSA) is 16.4 Å². The highest BCUT2D eigenvalue weighted by Crippen LogP contribution is 2.48. The fraction of sp³-hybridized carbons (Fsp3) is 0.262. The largest absolute Gasteiger partial charge is 0.486 e. The van der Waals surface area contributed by atoms with Crippen LogP contribution < -0.4 is 14.2 Å². The smallest absolute Gasteiger partial charge is 0.262 e. The Balaban J connectivity index is 1.15. The molecule has 2 aliphatic rings. The molecule has 0 N–H and O–H groups in total. The summed E-state index contributed by atoms with van der Waals surface area (Å²) < 4.78 is 10.1. The third-order valence-corrected chi connectivity index (χ3v) is 12.8. The van der Waals surface area contributed by atoms with E-state index in [9.17, 15) is 0 Å². The first-order chi connectivity index (χ1) is 23.8. The third-order valence-electron chi connectivity index (χ3n) is 9.11. The minimum atomic E-state index is 0.199. The minimum absolute atomic E-state index is 0.199. The van der Waals surface area contributed by atoms with E-state index in [1.54, 1.807) is 11.8 Å². The van der Waals surface area contributed by atoms with E-state index in [2.05, 4.69) is 152 Å². The van der Waals surface area contributed by atoms with Crippen LogP contribution in [-0.2, 0) is 6.54 Å². The molecule has 0 fully saturated rings. The molecule has 0 unspecified atom stereocenters. The first-order valence-corrected chi connectivity index (χ1v) is 21.0. The van der Waals surface area contributed by atoms with Gasteiger partial charge in [0.2, 0.25) is 5.52 Å². The van der Waals surface area contributed by atoms with Crippen molar-refractivity contribution >= 4 is 79.4 Å². The van der Waals surface area contributed by atoms with Gasteiger partial charge in [-0.3, -0.25) is 0 Å². The molecule has 1 aliphatic carbocycles. The van der Waals surface area contributed by atoms with Crippen LogP contribution in [0, 0.1) is 5.41 Å². The molecule has 7 heteroatoms. The molecule has 1 aliphatic heterocycles. The maximum absolute atomic E-state index is 6.40. The molecule has 0 saturated carbocycles. The Hall–Kier alpha value is -3.36. The Morgan fingerprint density at radius 2 is 1.73 bits per heavy atom. The second kappa shape index (κ2) is 14.9. The molecule has 2 heterocycles. The van der Waals surface area contributed by atoms with E-state index >= 15 is 0 Å². The van der Waals surface area contributed by atoms with Gasteiger partial charge in [0.25, 0.3) is 5.01 Å². The van der Waals surface area contributed by atoms with Crippen molar-refractivity contribution in [3.63, 3.8) is 0 Å². The lowest BCUT2D eigenvalue weighted by Crippen LogP contribution is -2.38. The average Bonchev–Trinajstić information content (AvgIpc) is 3.63. The molecule has 4 aromatic carbocycles. The van der Waals surface area contributed by atoms with Crippen molar-refractivity contribution in [2.75, 3.05) is 30.6 Å². The Labute approximate surface area is 307 Å². The van der Waals surface area contributed by atoms with Gasteiger partial charge in [-0.25, -0.2) is 0 Å². The molecule has 7 rings (SSSR count). The summed E-state index contributed by atoms with van der Waals surface area (Å²) in [4.78, 5) is 6.43. The summed E-state index contributed by atoms with van der Waals surface area (Å²) >= 11 is 7.36. The van der Waals surface area contributed by atoms with Crippen LogP contribution in [-0.4, -0.2) is 25.7 Å². The third kappa shape index (κ3) is 7.56. The summed E-state index contributed by atoms with van der Waals surface area (Å²) in [5.74, 6) is 0.939. The molecular weight excluding hydrogens is 677 g/mol. The van der Waals surface area contributed by atoms with E-state index in [0.29, 0.717) is 6.61 Å². The second-order valence-corrected chi connectivity index (χ2v) is 17.1. The van der Waals surface area contributed by atoms with E-state index in [0.717, 1.165) is 37.1 Å². The fourth-order valence-corrected chi connectivity index (χ4v) is 10.3. The first-order valence-electron chi connectivity index (χ1n) is 16.9. The number of fused-ring (bicyclic) bond motifs is 3. The summed E-state index contributed by atoms with van der Waals surface area (Å²) in [7, 11) is 0. The van der Waals surface area contributed by atoms with Gasteiger partial charge in [0.15, 0.2) is 6.54 Å². The maximum Gasteiger partial charge on any atom is 0.262 e. The number of anilines is 1. The number of hydrogen-bond donors (Lipinski definition) is 0. The highest BCUT2D eigenvalue weighted by Gasteiger charge is 2.28. The Morgan fingerprint density at radius 1 is 0.939 bits per heavy atom. The number of thiazole rings is 1. The zero-order valence-corrected chi connectivity index (χ0v) is 32.1. The van der Waals surface area contributed by atoms with Crippen molar-refractivity contribution in [3.05, 3.63) is 124 Å². The van der Waals surface area contributed by atoms with Gasteiger partial charge in [0, 0.05) is 38.8 Å². The van der Waals surface area contributed by atoms with Gasteiger partial charge in [-0.2, -0.15) is 4.57 Å². The van der Waals surface area contributed by atoms with Gasteiger partial charge in [-0.05, 0) is 96.7 Å². The van der Waals surface area contributed by atoms with E-state index in [1.807, 2.05) is 34.9 Å². The summed E-state index contributed by atoms with van der Waals surface area (Å²) in [5, 5.41) is 4.92. The SMILES string of the molecule is CCN1C(=CC2=CC(=CC=Cc3sc4cc(SC)ccc4[n+]3CCOc3cccc4ccccc34)CC(C)(C)C2)Sc2cc(SC)ccc21. The number of nitrogens with zero attached hydrogens (tertiary/aromatic N) is 2. The first kappa shape index (κ1) is 34.1. The normalized spacial score (nSPS) is 17.5. The van der Waals surface area contributed by atoms with Gasteiger partial charge in [0.05, 0.1) is 10.7 Å². The molecular formula is C42H43N2OS4+. The van der Waals surface area contributed by atoms with Crippen molar-refractivity contribution in [2.45, 2.75) is 54.8 Å². The van der Waals surface area contributed by atoms with Crippen LogP contribution >= 0.6 is 46.6 Å². The van der Waals surface area contributed by atoms with Crippen molar-refractivity contribution < 1.29 is 9.30 Å². The molecule has 3 nitrogen and oxygen atoms in total. The molecule has 250 valence electrons. The summed E-state index contributed by atoms with van der Waals surface area (Å²) in [6.07, 6.45) is 18.2. The van der Waals surface area contributed by atoms with Crippen LogP contribution in [0.4, 0.5) is 5.69 Å². The lowest BCUT2D eigenvalue weighted by atomic mass is 9.75. The Kier molecular flexibility index (Phi) is 10.3. The number of thioether (sulfide) groups is 3. The highest BCUT2D eigenvalue weighted by molar-refractivity contribution is 8.03. The van der Waals surface area contributed by atoms with Crippen molar-refractivity contribution in [1.29, 1.82) is 0 Å². The molecule has 0 amide bonds. The molecule has 49 heavy (non-hydrogen) atoms. The molecule has 0 saturated heterocycles. The van der Waals surface area contributed by atoms with E-state index in [4.69, 9.17) is 4.74 Å². The summed E-state index contributed by atoms with van der Waals surface area (Å²) in [6, 6.07) is 28.4. The van der Waals surface area contributed by atoms with Gasteiger partial charge in [-0.15, -0.1) is 23.5 Å². The molecule has 5 aromatic rings. The predicted octanol–water partition coefficient (Wildman–Crippen LogP) is 12.0. The average molecular weight is 720 g/mol. The van der Waals surface area contributed by atoms with E-state index in [-0.39, 0.29) is 5.41 Å². The van der Waals surface area contributed by atoms with Gasteiger partial charge >= 0.3 is 0 Å². The lowest BCUT2D eigenvalue weighted by molar-refractivity contribution is -0.669. The van der Waals surface area contributed by atoms with E-state index in [1.165, 1.54) is 57.2 Å². The zero-order valence-electron chi connectivity index (χ0n) is 28.9. The number of ether oxygens (including phenoxy) is 1. The standard InChI is InChI=1S/C42H43N2OS4/c1-6-43-35-19-17-32(46-4)25-38(35)49-41(43)24-30-23-29(27-42(2,3)28-30)11-9-16-40-44(36-20-18-33(47-5)26-39(36)48-40)21-22-45-37-15-10-13-31-12-7-8-14-34(31)37/h7-20,23-26H,6,21-22,27-28H2,1-5H3/q+1. The molecule has 0 spiro atoms. The van der Waals surface area contributed by atoms with Gasteiger partial charge < -0.3 is 9.64 Å². The molecule has 0 atom stereocenters. The van der Waals surface area contributed by atoms with E-state index < -0.39 is 0 Å². The van der Waals surface area contributed by atoms with Crippen molar-refractivity contribution in [2.24, 2.45) is 5.41 Å². The number of hydrogen-bond acceptors (Lipinski definition) is 6. The summed E-state index contributed by atoms with van der Waals surface area (Å²) in [5.41, 5.74) is 5.57. The summed E-state index contributed by atoms with van der Waals surface area (Å²) in [6.45, 7) is 9.38. The van der Waals surface area contributed by atoms with Crippen molar-refractivity contribution in [1.82, 2.24) is 0 Å². The van der Waals surface area contributed by atoms with Crippen LogP contribution in [0.2, 0.25) is 0 Å². The Morgan fingerprint density at radius 3 is 2.57 bits per heavy atom. The zero-order chi connectivity index (χ0) is 34.0. The monoisotopic (exact) mass is 719 g/mol. The minimum Gasteiger partial charge on any atom is -0.486 e. The number of allylic oxidation sites excluding steroid dienone is 6. The molecule has 0 bridgehead atoms. The van der Waals surface area contributed by atoms with Crippen LogP contribution in [0.1, 0.15) is 38.6 Å². The second-order valence-electron chi connectivity index (χ2n) is 13.3. The lowest BCUT2D eigenvalue weighted by Gasteiger charge is -2.31. The van der Waals surface area contributed by atoms with Crippen LogP contribution in [0.25, 0.3) is 27.1 Å². The van der Waals surface area contributed by atoms with Crippen LogP contribution in [0.5, 0.6) is 5.75 Å². The van der Waals surface area contributed by atoms with Gasteiger partial charge in [0.1, 0.15) is 17.1 Å². The highest BCUT2D eigenvalue weighted by atomic mass is 32.2. The van der Waals surface area contributed by atoms with Crippen LogP contribution in [0.15, 0.2) is 134 Å². The van der Waals surface area contributed by atoms with Crippen LogP contribution in [0.3, 0.4) is 0 Å². The number of aromatic nitrogens is 1. The van der Waals surface area contributed by atoms with Crippen molar-refractivity contribution in [3.8, 4) is 5.75 Å². The maximum atomic E-state index is 6.40. The number of rotatable bonds is 10. The fourth-order valence-electron chi connectivity index (χ4n) is 6.90. The Bertz CT molecular complexity index is 2130. The molecule has 0 radical (unpaired) electrons. The van der Waals surface area contributed by atoms with Gasteiger partial charge in [-0.1, -0.05) is 91.6 Å². The quantitative estimate of drug-likeness (QED) is 0.105. The predicted molar refractivity (Wildman–Crippen MR) is 217 cm³/mol.